The van der Waals surface area contributed by atoms with Crippen LogP contribution in [0.2, 0.25) is 0 Å². The summed E-state index contributed by atoms with van der Waals surface area (Å²) in [6, 6.07) is 12.0. The van der Waals surface area contributed by atoms with Crippen LogP contribution in [0.1, 0.15) is 11.1 Å². The van der Waals surface area contributed by atoms with E-state index < -0.39 is 0 Å². The molecular weight excluding hydrogens is 318 g/mol. The Bertz CT molecular complexity index is 599. The molecule has 0 fully saturated rings. The molecule has 3 nitrogen and oxygen atoms in total. The van der Waals surface area contributed by atoms with Crippen LogP contribution in [0, 0.1) is 6.92 Å². The van der Waals surface area contributed by atoms with E-state index in [1.54, 1.807) is 14.2 Å². The Hall–Kier alpha value is -1.68. The number of ether oxygens (including phenoxy) is 2. The Labute approximate surface area is 128 Å². The van der Waals surface area contributed by atoms with E-state index >= 15 is 0 Å². The Balaban J connectivity index is 2.18. The average Bonchev–Trinajstić information content (AvgIpc) is 2.46. The van der Waals surface area contributed by atoms with E-state index in [4.69, 9.17) is 9.47 Å². The summed E-state index contributed by atoms with van der Waals surface area (Å²) in [5.41, 5.74) is 3.31. The normalized spacial score (nSPS) is 10.2. The molecule has 20 heavy (non-hydrogen) atoms. The van der Waals surface area contributed by atoms with Gasteiger partial charge < -0.3 is 14.8 Å². The number of aryl methyl sites for hydroxylation is 1. The van der Waals surface area contributed by atoms with Gasteiger partial charge in [-0.2, -0.15) is 0 Å². The van der Waals surface area contributed by atoms with Gasteiger partial charge in [0.25, 0.3) is 0 Å². The van der Waals surface area contributed by atoms with Crippen molar-refractivity contribution in [3.05, 3.63) is 52.0 Å². The van der Waals surface area contributed by atoms with E-state index in [0.717, 1.165) is 27.2 Å². The van der Waals surface area contributed by atoms with E-state index in [1.807, 2.05) is 30.3 Å². The van der Waals surface area contributed by atoms with Gasteiger partial charge in [-0.15, -0.1) is 0 Å². The van der Waals surface area contributed by atoms with Gasteiger partial charge >= 0.3 is 0 Å². The van der Waals surface area contributed by atoms with E-state index in [-0.39, 0.29) is 0 Å². The summed E-state index contributed by atoms with van der Waals surface area (Å²) in [6.07, 6.45) is 0. The van der Waals surface area contributed by atoms with Gasteiger partial charge in [-0.25, -0.2) is 0 Å². The topological polar surface area (TPSA) is 30.5 Å². The molecule has 0 saturated carbocycles. The van der Waals surface area contributed by atoms with E-state index in [0.29, 0.717) is 6.54 Å². The highest BCUT2D eigenvalue weighted by Gasteiger charge is 2.06. The molecule has 0 aromatic heterocycles. The van der Waals surface area contributed by atoms with E-state index in [2.05, 4.69) is 34.2 Å². The van der Waals surface area contributed by atoms with Gasteiger partial charge in [-0.3, -0.25) is 0 Å². The lowest BCUT2D eigenvalue weighted by Crippen LogP contribution is -2.02. The quantitative estimate of drug-likeness (QED) is 0.879. The van der Waals surface area contributed by atoms with Gasteiger partial charge in [-0.05, 0) is 48.4 Å². The summed E-state index contributed by atoms with van der Waals surface area (Å²) in [4.78, 5) is 0. The van der Waals surface area contributed by atoms with Crippen LogP contribution in [0.4, 0.5) is 5.69 Å². The number of anilines is 1. The molecule has 0 saturated heterocycles. The summed E-state index contributed by atoms with van der Waals surface area (Å²) in [6.45, 7) is 2.75. The second kappa shape index (κ2) is 6.66. The van der Waals surface area contributed by atoms with Crippen LogP contribution in [-0.4, -0.2) is 14.2 Å². The van der Waals surface area contributed by atoms with Crippen molar-refractivity contribution in [1.82, 2.24) is 0 Å². The van der Waals surface area contributed by atoms with Crippen LogP contribution in [0.3, 0.4) is 0 Å². The zero-order valence-corrected chi connectivity index (χ0v) is 13.5. The summed E-state index contributed by atoms with van der Waals surface area (Å²) in [7, 11) is 3.35. The number of halogens is 1. The van der Waals surface area contributed by atoms with Gasteiger partial charge in [0.05, 0.1) is 19.9 Å². The maximum absolute atomic E-state index is 5.36. The molecule has 0 unspecified atom stereocenters. The number of rotatable bonds is 5. The molecular formula is C16H18BrNO2. The van der Waals surface area contributed by atoms with Crippen molar-refractivity contribution in [3.63, 3.8) is 0 Å². The van der Waals surface area contributed by atoms with Gasteiger partial charge in [0.1, 0.15) is 11.5 Å². The lowest BCUT2D eigenvalue weighted by atomic mass is 10.1. The fourth-order valence-corrected chi connectivity index (χ4v) is 2.35. The molecule has 2 aromatic rings. The minimum atomic E-state index is 0.692. The average molecular weight is 336 g/mol. The van der Waals surface area contributed by atoms with Crippen LogP contribution >= 0.6 is 15.9 Å². The molecule has 1 N–H and O–H groups in total. The molecule has 0 aliphatic heterocycles. The molecule has 0 amide bonds. The van der Waals surface area contributed by atoms with Crippen molar-refractivity contribution >= 4 is 21.6 Å². The van der Waals surface area contributed by atoms with Gasteiger partial charge in [0.2, 0.25) is 0 Å². The second-order valence-corrected chi connectivity index (χ2v) is 5.37. The molecule has 4 heteroatoms. The maximum atomic E-state index is 5.36. The smallest absolute Gasteiger partial charge is 0.141 e. The Kier molecular flexibility index (Phi) is 4.90. The predicted octanol–water partition coefficient (Wildman–Crippen LogP) is 4.39. The highest BCUT2D eigenvalue weighted by atomic mass is 79.9. The van der Waals surface area contributed by atoms with E-state index in [9.17, 15) is 0 Å². The van der Waals surface area contributed by atoms with Crippen LogP contribution in [-0.2, 0) is 6.54 Å². The molecule has 0 atom stereocenters. The van der Waals surface area contributed by atoms with Crippen LogP contribution < -0.4 is 14.8 Å². The number of hydrogen-bond donors (Lipinski definition) is 1. The van der Waals surface area contributed by atoms with Crippen molar-refractivity contribution in [2.75, 3.05) is 19.5 Å². The number of hydrogen-bond acceptors (Lipinski definition) is 3. The van der Waals surface area contributed by atoms with Gasteiger partial charge in [0.15, 0.2) is 0 Å². The monoisotopic (exact) mass is 335 g/mol. The van der Waals surface area contributed by atoms with Crippen molar-refractivity contribution < 1.29 is 9.47 Å². The minimum Gasteiger partial charge on any atom is -0.497 e. The first-order valence-corrected chi connectivity index (χ1v) is 7.14. The van der Waals surface area contributed by atoms with Crippen molar-refractivity contribution in [2.24, 2.45) is 0 Å². The molecule has 106 valence electrons. The predicted molar refractivity (Wildman–Crippen MR) is 85.8 cm³/mol. The van der Waals surface area contributed by atoms with Gasteiger partial charge in [0, 0.05) is 11.0 Å². The Morgan fingerprint density at radius 3 is 2.55 bits per heavy atom. The highest BCUT2D eigenvalue weighted by Crippen LogP contribution is 2.28. The molecule has 2 rings (SSSR count). The lowest BCUT2D eigenvalue weighted by molar-refractivity contribution is 0.414. The van der Waals surface area contributed by atoms with Crippen LogP contribution in [0.15, 0.2) is 40.9 Å². The van der Waals surface area contributed by atoms with Gasteiger partial charge in [-0.1, -0.05) is 22.0 Å². The fourth-order valence-electron chi connectivity index (χ4n) is 1.96. The molecule has 0 bridgehead atoms. The van der Waals surface area contributed by atoms with Crippen molar-refractivity contribution in [2.45, 2.75) is 13.5 Å². The summed E-state index contributed by atoms with van der Waals surface area (Å²) < 4.78 is 11.7. The molecule has 0 aliphatic carbocycles. The summed E-state index contributed by atoms with van der Waals surface area (Å²) >= 11 is 3.56. The first-order valence-electron chi connectivity index (χ1n) is 6.35. The van der Waals surface area contributed by atoms with E-state index in [1.165, 1.54) is 5.56 Å². The standard InChI is InChI=1S/C16H18BrNO2/c1-11-4-7-16(20-3)15(8-11)18-10-12-9-13(19-2)5-6-14(12)17/h4-9,18H,10H2,1-3H3. The van der Waals surface area contributed by atoms with Crippen LogP contribution in [0.25, 0.3) is 0 Å². The van der Waals surface area contributed by atoms with Crippen molar-refractivity contribution in [3.8, 4) is 11.5 Å². The zero-order valence-electron chi connectivity index (χ0n) is 11.9. The number of benzene rings is 2. The zero-order chi connectivity index (χ0) is 14.5. The first-order chi connectivity index (χ1) is 9.63. The highest BCUT2D eigenvalue weighted by molar-refractivity contribution is 9.10. The number of methoxy groups -OCH3 is 2. The minimum absolute atomic E-state index is 0.692. The molecule has 0 radical (unpaired) electrons. The molecule has 0 heterocycles. The first kappa shape index (κ1) is 14.7. The fraction of sp³-hybridized carbons (Fsp3) is 0.250. The third-order valence-electron chi connectivity index (χ3n) is 3.08. The summed E-state index contributed by atoms with van der Waals surface area (Å²) in [5.74, 6) is 1.69. The lowest BCUT2D eigenvalue weighted by Gasteiger charge is -2.13. The third-order valence-corrected chi connectivity index (χ3v) is 3.85. The SMILES string of the molecule is COc1ccc(Br)c(CNc2cc(C)ccc2OC)c1. The molecule has 2 aromatic carbocycles. The largest absolute Gasteiger partial charge is 0.497 e. The molecule has 0 spiro atoms. The summed E-state index contributed by atoms with van der Waals surface area (Å²) in [5, 5.41) is 3.40. The van der Waals surface area contributed by atoms with Crippen molar-refractivity contribution in [1.29, 1.82) is 0 Å². The third kappa shape index (κ3) is 3.45. The van der Waals surface area contributed by atoms with Crippen LogP contribution in [0.5, 0.6) is 11.5 Å². The molecule has 0 aliphatic rings. The Morgan fingerprint density at radius 2 is 1.85 bits per heavy atom. The number of nitrogens with one attached hydrogen (secondary N) is 1. The Morgan fingerprint density at radius 1 is 1.05 bits per heavy atom. The maximum Gasteiger partial charge on any atom is 0.141 e. The second-order valence-electron chi connectivity index (χ2n) is 4.51.